The van der Waals surface area contributed by atoms with Gasteiger partial charge in [-0.15, -0.1) is 0 Å². The van der Waals surface area contributed by atoms with Crippen molar-refractivity contribution in [2.75, 3.05) is 27.9 Å². The van der Waals surface area contributed by atoms with Crippen LogP contribution in [0.25, 0.3) is 10.9 Å². The summed E-state index contributed by atoms with van der Waals surface area (Å²) in [6.45, 7) is 4.14. The maximum Gasteiger partial charge on any atom is 0.203 e. The quantitative estimate of drug-likeness (QED) is 0.274. The number of rotatable bonds is 10. The normalized spacial score (nSPS) is 10.8. The summed E-state index contributed by atoms with van der Waals surface area (Å²) < 4.78 is 16.6. The van der Waals surface area contributed by atoms with E-state index in [1.165, 1.54) is 22.2 Å². The lowest BCUT2D eigenvalue weighted by Gasteiger charge is -2.27. The summed E-state index contributed by atoms with van der Waals surface area (Å²) in [4.78, 5) is 5.70. The third-order valence-electron chi connectivity index (χ3n) is 6.33. The van der Waals surface area contributed by atoms with Crippen molar-refractivity contribution in [2.24, 2.45) is 0 Å². The van der Waals surface area contributed by atoms with Crippen LogP contribution in [0, 0.1) is 6.92 Å². The number of para-hydroxylation sites is 1. The van der Waals surface area contributed by atoms with Crippen LogP contribution in [0.1, 0.15) is 22.4 Å². The Balaban J connectivity index is 1.58. The van der Waals surface area contributed by atoms with E-state index in [-0.39, 0.29) is 0 Å². The monoisotopic (exact) mass is 503 g/mol. The van der Waals surface area contributed by atoms with Crippen molar-refractivity contribution in [3.8, 4) is 17.2 Å². The zero-order chi connectivity index (χ0) is 25.5. The van der Waals surface area contributed by atoms with E-state index in [0.717, 1.165) is 24.0 Å². The van der Waals surface area contributed by atoms with Crippen LogP contribution in [-0.2, 0) is 19.5 Å². The topological polar surface area (TPSA) is 58.8 Å². The van der Waals surface area contributed by atoms with Crippen molar-refractivity contribution in [2.45, 2.75) is 26.4 Å². The molecule has 4 rings (SSSR count). The number of methoxy groups -OCH3 is 3. The Labute approximate surface area is 218 Å². The van der Waals surface area contributed by atoms with Gasteiger partial charge < -0.3 is 29.4 Å². The molecule has 0 spiro atoms. The predicted molar refractivity (Wildman–Crippen MR) is 149 cm³/mol. The van der Waals surface area contributed by atoms with Crippen molar-refractivity contribution < 1.29 is 14.2 Å². The van der Waals surface area contributed by atoms with Crippen LogP contribution in [0.5, 0.6) is 17.2 Å². The number of aryl methyl sites for hydroxylation is 1. The number of ether oxygens (including phenoxy) is 3. The van der Waals surface area contributed by atoms with E-state index >= 15 is 0 Å². The molecule has 1 aromatic heterocycles. The summed E-state index contributed by atoms with van der Waals surface area (Å²) >= 11 is 5.89. The maximum absolute atomic E-state index is 5.89. The fourth-order valence-electron chi connectivity index (χ4n) is 4.49. The second-order valence-corrected chi connectivity index (χ2v) is 9.01. The molecule has 0 fully saturated rings. The van der Waals surface area contributed by atoms with E-state index in [1.807, 2.05) is 30.3 Å². The summed E-state index contributed by atoms with van der Waals surface area (Å²) in [5.74, 6) is 1.83. The smallest absolute Gasteiger partial charge is 0.203 e. The molecule has 1 heterocycles. The highest BCUT2D eigenvalue weighted by Crippen LogP contribution is 2.38. The molecule has 2 N–H and O–H groups in total. The highest BCUT2D eigenvalue weighted by Gasteiger charge is 2.18. The Kier molecular flexibility index (Phi) is 8.33. The highest BCUT2D eigenvalue weighted by atomic mass is 32.1. The van der Waals surface area contributed by atoms with Gasteiger partial charge in [0.15, 0.2) is 16.6 Å². The fraction of sp³-hybridized carbons (Fsp3) is 0.276. The first-order valence-corrected chi connectivity index (χ1v) is 12.4. The predicted octanol–water partition coefficient (Wildman–Crippen LogP) is 5.62. The van der Waals surface area contributed by atoms with Crippen LogP contribution in [0.3, 0.4) is 0 Å². The van der Waals surface area contributed by atoms with E-state index in [2.05, 4.69) is 58.5 Å². The molecular formula is C29H33N3O3S. The molecule has 0 radical (unpaired) electrons. The molecule has 3 aromatic carbocycles. The molecule has 6 nitrogen and oxygen atoms in total. The van der Waals surface area contributed by atoms with Crippen LogP contribution in [0.4, 0.5) is 0 Å². The first-order valence-electron chi connectivity index (χ1n) is 12.0. The molecule has 0 aliphatic carbocycles. The van der Waals surface area contributed by atoms with Gasteiger partial charge in [-0.2, -0.15) is 0 Å². The van der Waals surface area contributed by atoms with Gasteiger partial charge in [-0.1, -0.05) is 48.5 Å². The first-order chi connectivity index (χ1) is 17.5. The van der Waals surface area contributed by atoms with Gasteiger partial charge in [0.1, 0.15) is 0 Å². The largest absolute Gasteiger partial charge is 0.493 e. The standard InChI is InChI=1S/C29H33N3O3S/c1-20-23(24-12-8-9-13-25(24)31-20)14-15-32(29(36)30-18-21-10-6-5-7-11-21)19-22-16-26(33-2)28(35-4)27(17-22)34-3/h5-13,16-17,31H,14-15,18-19H2,1-4H3,(H,30,36). The third kappa shape index (κ3) is 5.74. The Hall–Kier alpha value is -3.71. The van der Waals surface area contributed by atoms with Gasteiger partial charge >= 0.3 is 0 Å². The zero-order valence-corrected chi connectivity index (χ0v) is 22.1. The number of aromatic amines is 1. The molecule has 0 saturated carbocycles. The first kappa shape index (κ1) is 25.4. The minimum absolute atomic E-state index is 0.578. The van der Waals surface area contributed by atoms with E-state index in [4.69, 9.17) is 26.4 Å². The van der Waals surface area contributed by atoms with Gasteiger partial charge in [0.2, 0.25) is 5.75 Å². The number of H-pyrrole nitrogens is 1. The molecule has 36 heavy (non-hydrogen) atoms. The number of aromatic nitrogens is 1. The Morgan fingerprint density at radius 1 is 0.889 bits per heavy atom. The minimum atomic E-state index is 0.578. The summed E-state index contributed by atoms with van der Waals surface area (Å²) in [5, 5.41) is 5.40. The Bertz CT molecular complexity index is 1300. The Morgan fingerprint density at radius 3 is 2.22 bits per heavy atom. The van der Waals surface area contributed by atoms with E-state index in [9.17, 15) is 0 Å². The molecule has 0 aliphatic heterocycles. The van der Waals surface area contributed by atoms with Gasteiger partial charge in [0.25, 0.3) is 0 Å². The minimum Gasteiger partial charge on any atom is -0.493 e. The van der Waals surface area contributed by atoms with Crippen LogP contribution in [0.15, 0.2) is 66.7 Å². The molecule has 0 saturated heterocycles. The highest BCUT2D eigenvalue weighted by molar-refractivity contribution is 7.80. The van der Waals surface area contributed by atoms with Crippen LogP contribution >= 0.6 is 12.2 Å². The second-order valence-electron chi connectivity index (χ2n) is 8.62. The average molecular weight is 504 g/mol. The van der Waals surface area contributed by atoms with Crippen molar-refractivity contribution in [1.82, 2.24) is 15.2 Å². The van der Waals surface area contributed by atoms with Crippen molar-refractivity contribution in [1.29, 1.82) is 0 Å². The molecule has 0 atom stereocenters. The van der Waals surface area contributed by atoms with Gasteiger partial charge in [0.05, 0.1) is 21.3 Å². The fourth-order valence-corrected chi connectivity index (χ4v) is 4.72. The molecule has 7 heteroatoms. The van der Waals surface area contributed by atoms with E-state index in [0.29, 0.717) is 35.5 Å². The van der Waals surface area contributed by atoms with Gasteiger partial charge in [-0.05, 0) is 60.5 Å². The summed E-state index contributed by atoms with van der Waals surface area (Å²) in [7, 11) is 4.87. The number of hydrogen-bond donors (Lipinski definition) is 2. The lowest BCUT2D eigenvalue weighted by atomic mass is 10.1. The summed E-state index contributed by atoms with van der Waals surface area (Å²) in [6, 6.07) is 22.7. The summed E-state index contributed by atoms with van der Waals surface area (Å²) in [5.41, 5.74) is 5.86. The molecule has 0 bridgehead atoms. The van der Waals surface area contributed by atoms with Gasteiger partial charge in [-0.25, -0.2) is 0 Å². The maximum atomic E-state index is 5.89. The number of fused-ring (bicyclic) bond motifs is 1. The number of thiocarbonyl (C=S) groups is 1. The van der Waals surface area contributed by atoms with E-state index in [1.54, 1.807) is 21.3 Å². The molecule has 0 unspecified atom stereocenters. The van der Waals surface area contributed by atoms with Crippen LogP contribution in [-0.4, -0.2) is 42.9 Å². The number of nitrogens with zero attached hydrogens (tertiary/aromatic N) is 1. The summed E-state index contributed by atoms with van der Waals surface area (Å²) in [6.07, 6.45) is 0.855. The van der Waals surface area contributed by atoms with Crippen molar-refractivity contribution >= 4 is 28.2 Å². The van der Waals surface area contributed by atoms with Crippen LogP contribution < -0.4 is 19.5 Å². The van der Waals surface area contributed by atoms with Crippen molar-refractivity contribution in [3.05, 3.63) is 89.1 Å². The van der Waals surface area contributed by atoms with Crippen molar-refractivity contribution in [3.63, 3.8) is 0 Å². The molecule has 0 aliphatic rings. The average Bonchev–Trinajstić information content (AvgIpc) is 3.24. The zero-order valence-electron chi connectivity index (χ0n) is 21.3. The SMILES string of the molecule is COc1cc(CN(CCc2c(C)[nH]c3ccccc23)C(=S)NCc2ccccc2)cc(OC)c1OC. The molecule has 188 valence electrons. The molecule has 4 aromatic rings. The number of benzene rings is 3. The van der Waals surface area contributed by atoms with E-state index < -0.39 is 0 Å². The lowest BCUT2D eigenvalue weighted by molar-refractivity contribution is 0.322. The Morgan fingerprint density at radius 2 is 1.56 bits per heavy atom. The van der Waals surface area contributed by atoms with Gasteiger partial charge in [0, 0.05) is 36.2 Å². The molecule has 0 amide bonds. The number of hydrogen-bond acceptors (Lipinski definition) is 4. The van der Waals surface area contributed by atoms with Crippen LogP contribution in [0.2, 0.25) is 0 Å². The number of nitrogens with one attached hydrogen (secondary N) is 2. The lowest BCUT2D eigenvalue weighted by Crippen LogP contribution is -2.40. The second kappa shape index (κ2) is 11.8. The third-order valence-corrected chi connectivity index (χ3v) is 6.73. The molecular weight excluding hydrogens is 470 g/mol. The van der Waals surface area contributed by atoms with Gasteiger partial charge in [-0.3, -0.25) is 0 Å².